The molecule has 0 unspecified atom stereocenters. The second-order valence-corrected chi connectivity index (χ2v) is 9.94. The third kappa shape index (κ3) is 5.28. The van der Waals surface area contributed by atoms with Crippen LogP contribution in [0.15, 0.2) is 60.8 Å². The van der Waals surface area contributed by atoms with Gasteiger partial charge in [0.15, 0.2) is 0 Å². The number of anilines is 1. The molecular formula is C28H27ClFN3O2. The largest absolute Gasteiger partial charge is 0.326 e. The van der Waals surface area contributed by atoms with Crippen molar-refractivity contribution < 1.29 is 14.0 Å². The minimum atomic E-state index is -0.467. The molecular weight excluding hydrogens is 465 g/mol. The van der Waals surface area contributed by atoms with Gasteiger partial charge >= 0.3 is 0 Å². The van der Waals surface area contributed by atoms with Crippen LogP contribution in [0.25, 0.3) is 22.3 Å². The fourth-order valence-electron chi connectivity index (χ4n) is 3.90. The predicted molar refractivity (Wildman–Crippen MR) is 138 cm³/mol. The summed E-state index contributed by atoms with van der Waals surface area (Å²) in [5.74, 6) is -0.588. The molecule has 1 amide bonds. The van der Waals surface area contributed by atoms with Gasteiger partial charge in [-0.1, -0.05) is 38.4 Å². The summed E-state index contributed by atoms with van der Waals surface area (Å²) in [6, 6.07) is 15.2. The van der Waals surface area contributed by atoms with Crippen LogP contribution in [0.3, 0.4) is 0 Å². The van der Waals surface area contributed by atoms with Crippen LogP contribution in [-0.2, 0) is 17.8 Å². The first-order chi connectivity index (χ1) is 16.6. The normalized spacial score (nSPS) is 11.6. The summed E-state index contributed by atoms with van der Waals surface area (Å²) in [5.41, 5.74) is 3.65. The van der Waals surface area contributed by atoms with Crippen molar-refractivity contribution in [1.82, 2.24) is 9.55 Å². The molecule has 180 valence electrons. The first-order valence-electron chi connectivity index (χ1n) is 11.4. The van der Waals surface area contributed by atoms with E-state index in [1.807, 2.05) is 44.4 Å². The number of rotatable bonds is 6. The van der Waals surface area contributed by atoms with E-state index >= 15 is 0 Å². The lowest BCUT2D eigenvalue weighted by Gasteiger charge is -2.17. The number of nitrogens with zero attached hydrogens (tertiary/aromatic N) is 2. The number of hydrogen-bond acceptors (Lipinski definition) is 3. The minimum Gasteiger partial charge on any atom is -0.326 e. The average Bonchev–Trinajstić information content (AvgIpc) is 3.17. The highest BCUT2D eigenvalue weighted by atomic mass is 35.5. The number of pyridine rings is 1. The smallest absolute Gasteiger partial charge is 0.257 e. The van der Waals surface area contributed by atoms with E-state index in [0.717, 1.165) is 27.9 Å². The third-order valence-corrected chi connectivity index (χ3v) is 6.25. The molecule has 1 N–H and O–H groups in total. The first kappa shape index (κ1) is 24.6. The SMILES string of the molecule is CCn1c(-c2ccc(F)cc2)cc2cc(NC(=O)c3cc(CC(=O)C(C)(C)C)ccc3Cl)cnc21. The number of ketones is 1. The van der Waals surface area contributed by atoms with Gasteiger partial charge in [-0.3, -0.25) is 9.59 Å². The summed E-state index contributed by atoms with van der Waals surface area (Å²) in [7, 11) is 0. The second-order valence-electron chi connectivity index (χ2n) is 9.54. The molecule has 0 aliphatic heterocycles. The number of carbonyl (C=O) groups is 2. The van der Waals surface area contributed by atoms with E-state index < -0.39 is 5.41 Å². The lowest BCUT2D eigenvalue weighted by molar-refractivity contribution is -0.125. The Balaban J connectivity index is 1.61. The number of nitrogens with one attached hydrogen (secondary N) is 1. The number of benzene rings is 2. The third-order valence-electron chi connectivity index (χ3n) is 5.92. The zero-order chi connectivity index (χ0) is 25.3. The predicted octanol–water partition coefficient (Wildman–Crippen LogP) is 6.93. The summed E-state index contributed by atoms with van der Waals surface area (Å²) in [5, 5.41) is 4.02. The van der Waals surface area contributed by atoms with Gasteiger partial charge in [0.2, 0.25) is 0 Å². The zero-order valence-electron chi connectivity index (χ0n) is 20.2. The molecule has 5 nitrogen and oxygen atoms in total. The molecule has 7 heteroatoms. The van der Waals surface area contributed by atoms with E-state index in [4.69, 9.17) is 11.6 Å². The molecule has 4 rings (SSSR count). The van der Waals surface area contributed by atoms with Crippen molar-refractivity contribution in [2.24, 2.45) is 5.41 Å². The lowest BCUT2D eigenvalue weighted by Crippen LogP contribution is -2.22. The van der Waals surface area contributed by atoms with Gasteiger partial charge in [0.05, 0.1) is 28.2 Å². The standard InChI is InChI=1S/C28H27ClFN3O2/c1-5-33-24(18-7-9-20(30)10-8-18)15-19-14-21(16-31-26(19)33)32-27(35)22-12-17(6-11-23(22)29)13-25(34)28(2,3)4/h6-12,14-16H,5,13H2,1-4H3,(H,32,35). The van der Waals surface area contributed by atoms with E-state index in [1.165, 1.54) is 12.1 Å². The highest BCUT2D eigenvalue weighted by molar-refractivity contribution is 6.34. The summed E-state index contributed by atoms with van der Waals surface area (Å²) in [6.07, 6.45) is 1.83. The topological polar surface area (TPSA) is 64.0 Å². The molecule has 2 heterocycles. The van der Waals surface area contributed by atoms with Crippen molar-refractivity contribution in [1.29, 1.82) is 0 Å². The first-order valence-corrected chi connectivity index (χ1v) is 11.8. The van der Waals surface area contributed by atoms with Crippen LogP contribution in [0.1, 0.15) is 43.6 Å². The number of aromatic nitrogens is 2. The van der Waals surface area contributed by atoms with Gasteiger partial charge in [-0.2, -0.15) is 0 Å². The van der Waals surface area contributed by atoms with Crippen molar-refractivity contribution in [3.05, 3.63) is 82.8 Å². The average molecular weight is 492 g/mol. The Morgan fingerprint density at radius 3 is 2.43 bits per heavy atom. The summed E-state index contributed by atoms with van der Waals surface area (Å²) in [4.78, 5) is 30.0. The molecule has 0 radical (unpaired) electrons. The number of halogens is 2. The maximum Gasteiger partial charge on any atom is 0.257 e. The number of hydrogen-bond donors (Lipinski definition) is 1. The van der Waals surface area contributed by atoms with Gasteiger partial charge in [-0.05, 0) is 66.6 Å². The Labute approximate surface area is 208 Å². The Morgan fingerprint density at radius 1 is 1.06 bits per heavy atom. The molecule has 0 aliphatic carbocycles. The Bertz CT molecular complexity index is 1420. The Hall–Kier alpha value is -3.51. The van der Waals surface area contributed by atoms with Crippen LogP contribution in [-0.4, -0.2) is 21.2 Å². The summed E-state index contributed by atoms with van der Waals surface area (Å²) in [6.45, 7) is 8.31. The van der Waals surface area contributed by atoms with E-state index in [9.17, 15) is 14.0 Å². The van der Waals surface area contributed by atoms with Crippen molar-refractivity contribution in [2.75, 3.05) is 5.32 Å². The van der Waals surface area contributed by atoms with E-state index in [1.54, 1.807) is 36.5 Å². The van der Waals surface area contributed by atoms with Crippen molar-refractivity contribution >= 4 is 40.0 Å². The van der Waals surface area contributed by atoms with Crippen LogP contribution >= 0.6 is 11.6 Å². The molecule has 0 saturated carbocycles. The maximum atomic E-state index is 13.4. The number of aryl methyl sites for hydroxylation is 1. The second kappa shape index (κ2) is 9.62. The van der Waals surface area contributed by atoms with Crippen molar-refractivity contribution in [3.63, 3.8) is 0 Å². The van der Waals surface area contributed by atoms with Crippen LogP contribution < -0.4 is 5.32 Å². The van der Waals surface area contributed by atoms with Gasteiger partial charge in [-0.25, -0.2) is 9.37 Å². The summed E-state index contributed by atoms with van der Waals surface area (Å²) < 4.78 is 15.4. The lowest BCUT2D eigenvalue weighted by atomic mass is 9.87. The number of Topliss-reactive ketones (excluding diaryl/α,β-unsaturated/α-hetero) is 1. The van der Waals surface area contributed by atoms with E-state index in [0.29, 0.717) is 22.8 Å². The van der Waals surface area contributed by atoms with Gasteiger partial charge < -0.3 is 9.88 Å². The molecule has 2 aromatic carbocycles. The van der Waals surface area contributed by atoms with Crippen LogP contribution in [0.5, 0.6) is 0 Å². The molecule has 0 bridgehead atoms. The number of carbonyl (C=O) groups excluding carboxylic acids is 2. The molecule has 4 aromatic rings. The van der Waals surface area contributed by atoms with Crippen molar-refractivity contribution in [2.45, 2.75) is 40.7 Å². The maximum absolute atomic E-state index is 13.4. The highest BCUT2D eigenvalue weighted by Crippen LogP contribution is 2.29. The molecule has 35 heavy (non-hydrogen) atoms. The monoisotopic (exact) mass is 491 g/mol. The Morgan fingerprint density at radius 2 is 1.77 bits per heavy atom. The molecule has 0 atom stereocenters. The molecule has 0 spiro atoms. The van der Waals surface area contributed by atoms with Crippen LogP contribution in [0.4, 0.5) is 10.1 Å². The Kier molecular flexibility index (Phi) is 6.77. The van der Waals surface area contributed by atoms with Gasteiger partial charge in [0.1, 0.15) is 17.2 Å². The number of amides is 1. The van der Waals surface area contributed by atoms with E-state index in [2.05, 4.69) is 10.3 Å². The summed E-state index contributed by atoms with van der Waals surface area (Å²) >= 11 is 6.31. The molecule has 0 fully saturated rings. The molecule has 0 saturated heterocycles. The van der Waals surface area contributed by atoms with Crippen molar-refractivity contribution in [3.8, 4) is 11.3 Å². The fraction of sp³-hybridized carbons (Fsp3) is 0.250. The molecule has 2 aromatic heterocycles. The zero-order valence-corrected chi connectivity index (χ0v) is 20.9. The van der Waals surface area contributed by atoms with Gasteiger partial charge in [0, 0.05) is 23.8 Å². The quantitative estimate of drug-likeness (QED) is 0.318. The molecule has 0 aliphatic rings. The van der Waals surface area contributed by atoms with Crippen LogP contribution in [0.2, 0.25) is 5.02 Å². The minimum absolute atomic E-state index is 0.0817. The van der Waals surface area contributed by atoms with Crippen LogP contribution in [0, 0.1) is 11.2 Å². The van der Waals surface area contributed by atoms with Gasteiger partial charge in [0.25, 0.3) is 5.91 Å². The number of fused-ring (bicyclic) bond motifs is 1. The fourth-order valence-corrected chi connectivity index (χ4v) is 4.10. The van der Waals surface area contributed by atoms with E-state index in [-0.39, 0.29) is 23.9 Å². The van der Waals surface area contributed by atoms with Gasteiger partial charge in [-0.15, -0.1) is 0 Å². The highest BCUT2D eigenvalue weighted by Gasteiger charge is 2.22.